The number of hydrogen-bond donors (Lipinski definition) is 0. The highest BCUT2D eigenvalue weighted by molar-refractivity contribution is 7.09. The van der Waals surface area contributed by atoms with E-state index in [1.165, 1.54) is 16.9 Å². The van der Waals surface area contributed by atoms with Gasteiger partial charge in [-0.1, -0.05) is 22.4 Å². The molecular weight excluding hydrogens is 414 g/mol. The van der Waals surface area contributed by atoms with Gasteiger partial charge in [0, 0.05) is 44.4 Å². The van der Waals surface area contributed by atoms with Crippen molar-refractivity contribution in [3.05, 3.63) is 57.3 Å². The number of carbonyl (C=O) groups is 1. The van der Waals surface area contributed by atoms with Gasteiger partial charge in [0.1, 0.15) is 28.9 Å². The number of likely N-dealkylation sites (tertiary alicyclic amines) is 1. The Labute approximate surface area is 185 Å². The van der Waals surface area contributed by atoms with Gasteiger partial charge in [0.2, 0.25) is 0 Å². The minimum absolute atomic E-state index is 0.0189. The maximum absolute atomic E-state index is 12.6. The first kappa shape index (κ1) is 21.5. The summed E-state index contributed by atoms with van der Waals surface area (Å²) in [5.74, 6) is 0.885. The van der Waals surface area contributed by atoms with Crippen molar-refractivity contribution in [3.8, 4) is 5.75 Å². The lowest BCUT2D eigenvalue weighted by molar-refractivity contribution is 0.0590. The van der Waals surface area contributed by atoms with Gasteiger partial charge in [-0.15, -0.1) is 11.3 Å². The molecule has 8 nitrogen and oxygen atoms in total. The van der Waals surface area contributed by atoms with Crippen LogP contribution in [0, 0.1) is 13.8 Å². The summed E-state index contributed by atoms with van der Waals surface area (Å²) in [7, 11) is 2.04. The number of piperidine rings is 1. The Balaban J connectivity index is 1.28. The molecule has 9 heteroatoms. The number of aromatic nitrogens is 3. The van der Waals surface area contributed by atoms with E-state index >= 15 is 0 Å². The number of benzene rings is 1. The molecule has 0 spiro atoms. The van der Waals surface area contributed by atoms with Crippen LogP contribution in [-0.4, -0.2) is 57.2 Å². The topological polar surface area (TPSA) is 84.6 Å². The fraction of sp³-hybridized carbons (Fsp3) is 0.455. The first-order valence-corrected chi connectivity index (χ1v) is 11.3. The molecule has 0 atom stereocenters. The van der Waals surface area contributed by atoms with Gasteiger partial charge in [0.15, 0.2) is 0 Å². The van der Waals surface area contributed by atoms with Crippen molar-refractivity contribution in [2.45, 2.75) is 45.9 Å². The van der Waals surface area contributed by atoms with Crippen molar-refractivity contribution in [1.82, 2.24) is 25.1 Å². The van der Waals surface area contributed by atoms with E-state index in [1.807, 2.05) is 43.3 Å². The molecule has 3 heterocycles. The predicted octanol–water partition coefficient (Wildman–Crippen LogP) is 3.46. The first-order valence-electron chi connectivity index (χ1n) is 10.4. The lowest BCUT2D eigenvalue weighted by Gasteiger charge is -2.32. The molecule has 4 rings (SSSR count). The standard InChI is InChI=1S/C22H27N5O3S/c1-15-20(25-30-24-15)13-26(3)12-17-5-4-6-19(11-17)29-18-7-9-27(10-8-18)22(28)21-14-31-16(2)23-21/h4-6,11,14,18H,7-10,12-13H2,1-3H3. The Morgan fingerprint density at radius 2 is 2.06 bits per heavy atom. The van der Waals surface area contributed by atoms with Crippen molar-refractivity contribution >= 4 is 17.2 Å². The summed E-state index contributed by atoms with van der Waals surface area (Å²) in [6.07, 6.45) is 1.74. The van der Waals surface area contributed by atoms with E-state index in [1.54, 1.807) is 0 Å². The first-order chi connectivity index (χ1) is 15.0. The molecule has 1 aliphatic heterocycles. The number of carbonyl (C=O) groups excluding carboxylic acids is 1. The summed E-state index contributed by atoms with van der Waals surface area (Å²) in [5, 5.41) is 10.5. The van der Waals surface area contributed by atoms with E-state index in [2.05, 4.69) is 32.3 Å². The molecule has 0 aliphatic carbocycles. The van der Waals surface area contributed by atoms with Crippen LogP contribution in [0.5, 0.6) is 5.75 Å². The fourth-order valence-electron chi connectivity index (χ4n) is 3.73. The van der Waals surface area contributed by atoms with Crippen molar-refractivity contribution in [3.63, 3.8) is 0 Å². The van der Waals surface area contributed by atoms with Gasteiger partial charge in [0.05, 0.1) is 5.01 Å². The molecular formula is C22H27N5O3S. The van der Waals surface area contributed by atoms with Crippen LogP contribution in [0.1, 0.15) is 45.3 Å². The maximum atomic E-state index is 12.6. The van der Waals surface area contributed by atoms with Gasteiger partial charge in [-0.05, 0) is 38.6 Å². The van der Waals surface area contributed by atoms with Gasteiger partial charge in [-0.3, -0.25) is 9.69 Å². The van der Waals surface area contributed by atoms with Crippen LogP contribution in [-0.2, 0) is 13.1 Å². The van der Waals surface area contributed by atoms with Crippen LogP contribution in [0.25, 0.3) is 0 Å². The van der Waals surface area contributed by atoms with Gasteiger partial charge in [-0.25, -0.2) is 9.61 Å². The van der Waals surface area contributed by atoms with Gasteiger partial charge < -0.3 is 9.64 Å². The minimum atomic E-state index is 0.0189. The van der Waals surface area contributed by atoms with E-state index in [0.717, 1.165) is 41.5 Å². The average Bonchev–Trinajstić information content (AvgIpc) is 3.36. The number of thiazole rings is 1. The van der Waals surface area contributed by atoms with E-state index < -0.39 is 0 Å². The molecule has 1 aliphatic rings. The molecule has 2 aromatic heterocycles. The summed E-state index contributed by atoms with van der Waals surface area (Å²) in [6, 6.07) is 8.18. The summed E-state index contributed by atoms with van der Waals surface area (Å²) in [4.78, 5) is 20.9. The molecule has 0 unspecified atom stereocenters. The zero-order valence-electron chi connectivity index (χ0n) is 18.1. The smallest absolute Gasteiger partial charge is 0.273 e. The molecule has 31 heavy (non-hydrogen) atoms. The lowest BCUT2D eigenvalue weighted by Crippen LogP contribution is -2.41. The normalized spacial score (nSPS) is 14.9. The maximum Gasteiger partial charge on any atom is 0.273 e. The third-order valence-corrected chi connectivity index (χ3v) is 6.16. The second-order valence-corrected chi connectivity index (χ2v) is 9.04. The van der Waals surface area contributed by atoms with E-state index in [-0.39, 0.29) is 12.0 Å². The van der Waals surface area contributed by atoms with Gasteiger partial charge >= 0.3 is 0 Å². The largest absolute Gasteiger partial charge is 0.490 e. The van der Waals surface area contributed by atoms with Gasteiger partial charge in [0.25, 0.3) is 5.91 Å². The Kier molecular flexibility index (Phi) is 6.62. The Bertz CT molecular complexity index is 1030. The molecule has 1 saturated heterocycles. The third-order valence-electron chi connectivity index (χ3n) is 5.39. The molecule has 0 radical (unpaired) electrons. The fourth-order valence-corrected chi connectivity index (χ4v) is 4.31. The molecule has 0 N–H and O–H groups in total. The summed E-state index contributed by atoms with van der Waals surface area (Å²) in [5.41, 5.74) is 3.39. The number of amides is 1. The van der Waals surface area contributed by atoms with Gasteiger partial charge in [-0.2, -0.15) is 0 Å². The highest BCUT2D eigenvalue weighted by atomic mass is 32.1. The van der Waals surface area contributed by atoms with Crippen molar-refractivity contribution in [2.75, 3.05) is 20.1 Å². The predicted molar refractivity (Wildman–Crippen MR) is 117 cm³/mol. The van der Waals surface area contributed by atoms with Crippen molar-refractivity contribution in [2.24, 2.45) is 0 Å². The van der Waals surface area contributed by atoms with E-state index in [4.69, 9.17) is 9.37 Å². The molecule has 3 aromatic rings. The molecule has 1 amide bonds. The van der Waals surface area contributed by atoms with Crippen molar-refractivity contribution < 1.29 is 14.2 Å². The number of aryl methyl sites for hydroxylation is 2. The average molecular weight is 442 g/mol. The van der Waals surface area contributed by atoms with Crippen LogP contribution >= 0.6 is 11.3 Å². The molecule has 0 bridgehead atoms. The summed E-state index contributed by atoms with van der Waals surface area (Å²) in [6.45, 7) is 6.63. The Morgan fingerprint density at radius 1 is 1.26 bits per heavy atom. The third kappa shape index (κ3) is 5.48. The lowest BCUT2D eigenvalue weighted by atomic mass is 10.1. The Morgan fingerprint density at radius 3 is 2.74 bits per heavy atom. The van der Waals surface area contributed by atoms with Crippen LogP contribution in [0.4, 0.5) is 0 Å². The SMILES string of the molecule is Cc1nc(C(=O)N2CCC(Oc3cccc(CN(C)Cc4nonc4C)c3)CC2)cs1. The summed E-state index contributed by atoms with van der Waals surface area (Å²) < 4.78 is 11.0. The molecule has 0 saturated carbocycles. The number of nitrogens with zero attached hydrogens (tertiary/aromatic N) is 5. The monoisotopic (exact) mass is 441 g/mol. The van der Waals surface area contributed by atoms with Crippen molar-refractivity contribution in [1.29, 1.82) is 0 Å². The highest BCUT2D eigenvalue weighted by Gasteiger charge is 2.26. The molecule has 164 valence electrons. The minimum Gasteiger partial charge on any atom is -0.490 e. The second kappa shape index (κ2) is 9.57. The summed E-state index contributed by atoms with van der Waals surface area (Å²) >= 11 is 1.51. The van der Waals surface area contributed by atoms with Crippen LogP contribution < -0.4 is 4.74 Å². The number of ether oxygens (including phenoxy) is 1. The van der Waals surface area contributed by atoms with Crippen LogP contribution in [0.3, 0.4) is 0 Å². The van der Waals surface area contributed by atoms with Crippen LogP contribution in [0.15, 0.2) is 34.3 Å². The molecule has 1 fully saturated rings. The second-order valence-electron chi connectivity index (χ2n) is 7.98. The number of rotatable bonds is 7. The molecule has 1 aromatic carbocycles. The van der Waals surface area contributed by atoms with Crippen LogP contribution in [0.2, 0.25) is 0 Å². The quantitative estimate of drug-likeness (QED) is 0.555. The van der Waals surface area contributed by atoms with E-state index in [9.17, 15) is 4.79 Å². The van der Waals surface area contributed by atoms with E-state index in [0.29, 0.717) is 25.3 Å². The zero-order chi connectivity index (χ0) is 21.8. The highest BCUT2D eigenvalue weighted by Crippen LogP contribution is 2.22. The Hall–Kier alpha value is -2.78. The number of hydrogen-bond acceptors (Lipinski definition) is 8. The zero-order valence-corrected chi connectivity index (χ0v) is 18.9.